The van der Waals surface area contributed by atoms with Crippen LogP contribution in [0.4, 0.5) is 5.69 Å². The van der Waals surface area contributed by atoms with Gasteiger partial charge in [0.15, 0.2) is 0 Å². The molecule has 1 aromatic carbocycles. The van der Waals surface area contributed by atoms with Gasteiger partial charge in [0, 0.05) is 18.2 Å². The van der Waals surface area contributed by atoms with Crippen LogP contribution in [0.3, 0.4) is 0 Å². The SMILES string of the molecule is Cc1cccc(C(C)C)c1NC(=O)CC1CCCN1. The van der Waals surface area contributed by atoms with Crippen molar-refractivity contribution in [3.05, 3.63) is 29.3 Å². The molecule has 0 saturated carbocycles. The van der Waals surface area contributed by atoms with Crippen LogP contribution in [0.25, 0.3) is 0 Å². The Bertz CT molecular complexity index is 448. The molecule has 1 aromatic rings. The summed E-state index contributed by atoms with van der Waals surface area (Å²) in [7, 11) is 0. The number of amides is 1. The highest BCUT2D eigenvalue weighted by Gasteiger charge is 2.19. The van der Waals surface area contributed by atoms with Crippen molar-refractivity contribution in [2.45, 2.75) is 52.0 Å². The van der Waals surface area contributed by atoms with E-state index in [-0.39, 0.29) is 5.91 Å². The molecule has 0 radical (unpaired) electrons. The number of rotatable bonds is 4. The number of para-hydroxylation sites is 1. The van der Waals surface area contributed by atoms with Crippen LogP contribution in [0.1, 0.15) is 50.2 Å². The monoisotopic (exact) mass is 260 g/mol. The number of hydrogen-bond donors (Lipinski definition) is 2. The first-order valence-electron chi connectivity index (χ1n) is 7.20. The lowest BCUT2D eigenvalue weighted by Gasteiger charge is -2.17. The van der Waals surface area contributed by atoms with Crippen molar-refractivity contribution in [3.63, 3.8) is 0 Å². The van der Waals surface area contributed by atoms with Crippen LogP contribution >= 0.6 is 0 Å². The highest BCUT2D eigenvalue weighted by molar-refractivity contribution is 5.92. The summed E-state index contributed by atoms with van der Waals surface area (Å²) in [6.07, 6.45) is 2.86. The maximum absolute atomic E-state index is 12.1. The first-order valence-corrected chi connectivity index (χ1v) is 7.20. The second kappa shape index (κ2) is 6.20. The van der Waals surface area contributed by atoms with Crippen molar-refractivity contribution in [2.75, 3.05) is 11.9 Å². The van der Waals surface area contributed by atoms with E-state index in [0.717, 1.165) is 24.2 Å². The third kappa shape index (κ3) is 3.57. The topological polar surface area (TPSA) is 41.1 Å². The van der Waals surface area contributed by atoms with Gasteiger partial charge in [0.1, 0.15) is 0 Å². The minimum absolute atomic E-state index is 0.121. The highest BCUT2D eigenvalue weighted by Crippen LogP contribution is 2.27. The first kappa shape index (κ1) is 14.1. The van der Waals surface area contributed by atoms with E-state index < -0.39 is 0 Å². The molecule has 0 spiro atoms. The second-order valence-electron chi connectivity index (χ2n) is 5.74. The zero-order chi connectivity index (χ0) is 13.8. The zero-order valence-corrected chi connectivity index (χ0v) is 12.1. The van der Waals surface area contributed by atoms with E-state index in [1.165, 1.54) is 12.0 Å². The van der Waals surface area contributed by atoms with E-state index in [0.29, 0.717) is 18.4 Å². The Morgan fingerprint density at radius 3 is 2.89 bits per heavy atom. The molecule has 0 bridgehead atoms. The summed E-state index contributed by atoms with van der Waals surface area (Å²) < 4.78 is 0. The number of anilines is 1. The van der Waals surface area contributed by atoms with Gasteiger partial charge in [-0.2, -0.15) is 0 Å². The lowest BCUT2D eigenvalue weighted by molar-refractivity contribution is -0.116. The Kier molecular flexibility index (Phi) is 4.59. The fourth-order valence-electron chi connectivity index (χ4n) is 2.69. The number of carbonyl (C=O) groups excluding carboxylic acids is 1. The summed E-state index contributed by atoms with van der Waals surface area (Å²) in [6, 6.07) is 6.56. The van der Waals surface area contributed by atoms with Crippen molar-refractivity contribution >= 4 is 11.6 Å². The van der Waals surface area contributed by atoms with Crippen molar-refractivity contribution in [3.8, 4) is 0 Å². The molecule has 0 aliphatic carbocycles. The molecule has 0 aromatic heterocycles. The Hall–Kier alpha value is -1.35. The van der Waals surface area contributed by atoms with Gasteiger partial charge in [-0.15, -0.1) is 0 Å². The minimum Gasteiger partial charge on any atom is -0.326 e. The molecular weight excluding hydrogens is 236 g/mol. The summed E-state index contributed by atoms with van der Waals surface area (Å²) in [5.41, 5.74) is 3.35. The zero-order valence-electron chi connectivity index (χ0n) is 12.1. The first-order chi connectivity index (χ1) is 9.08. The third-order valence-corrected chi connectivity index (χ3v) is 3.79. The summed E-state index contributed by atoms with van der Waals surface area (Å²) >= 11 is 0. The molecule has 3 heteroatoms. The Morgan fingerprint density at radius 1 is 1.47 bits per heavy atom. The van der Waals surface area contributed by atoms with Gasteiger partial charge in [0.05, 0.1) is 0 Å². The van der Waals surface area contributed by atoms with Crippen LogP contribution in [0, 0.1) is 6.92 Å². The average Bonchev–Trinajstić information content (AvgIpc) is 2.84. The van der Waals surface area contributed by atoms with E-state index in [1.54, 1.807) is 0 Å². The molecule has 104 valence electrons. The molecule has 2 rings (SSSR count). The predicted octanol–water partition coefficient (Wildman–Crippen LogP) is 3.20. The number of hydrogen-bond acceptors (Lipinski definition) is 2. The average molecular weight is 260 g/mol. The molecule has 2 N–H and O–H groups in total. The summed E-state index contributed by atoms with van der Waals surface area (Å²) in [6.45, 7) is 7.40. The minimum atomic E-state index is 0.121. The Morgan fingerprint density at radius 2 is 2.26 bits per heavy atom. The summed E-state index contributed by atoms with van der Waals surface area (Å²) in [5, 5.41) is 6.47. The number of aryl methyl sites for hydroxylation is 1. The van der Waals surface area contributed by atoms with Crippen molar-refractivity contribution in [1.29, 1.82) is 0 Å². The van der Waals surface area contributed by atoms with Crippen molar-refractivity contribution in [2.24, 2.45) is 0 Å². The van der Waals surface area contributed by atoms with Crippen molar-refractivity contribution in [1.82, 2.24) is 5.32 Å². The second-order valence-corrected chi connectivity index (χ2v) is 5.74. The van der Waals surface area contributed by atoms with Gasteiger partial charge < -0.3 is 10.6 Å². The Labute approximate surface area is 115 Å². The molecule has 1 amide bonds. The molecule has 19 heavy (non-hydrogen) atoms. The van der Waals surface area contributed by atoms with Crippen LogP contribution in [0.2, 0.25) is 0 Å². The van der Waals surface area contributed by atoms with E-state index in [9.17, 15) is 4.79 Å². The fraction of sp³-hybridized carbons (Fsp3) is 0.562. The van der Waals surface area contributed by atoms with Gasteiger partial charge >= 0.3 is 0 Å². The number of benzene rings is 1. The van der Waals surface area contributed by atoms with E-state index in [1.807, 2.05) is 0 Å². The third-order valence-electron chi connectivity index (χ3n) is 3.79. The van der Waals surface area contributed by atoms with E-state index >= 15 is 0 Å². The molecule has 1 aliphatic rings. The molecule has 1 fully saturated rings. The molecule has 1 heterocycles. The van der Waals surface area contributed by atoms with Crippen molar-refractivity contribution < 1.29 is 4.79 Å². The smallest absolute Gasteiger partial charge is 0.225 e. The quantitative estimate of drug-likeness (QED) is 0.873. The molecule has 3 nitrogen and oxygen atoms in total. The van der Waals surface area contributed by atoms with Gasteiger partial charge in [0.2, 0.25) is 5.91 Å². The van der Waals surface area contributed by atoms with Crippen LogP contribution < -0.4 is 10.6 Å². The van der Waals surface area contributed by atoms with Gasteiger partial charge in [-0.05, 0) is 43.4 Å². The van der Waals surface area contributed by atoms with E-state index in [4.69, 9.17) is 0 Å². The highest BCUT2D eigenvalue weighted by atomic mass is 16.1. The van der Waals surface area contributed by atoms with Crippen LogP contribution in [0.15, 0.2) is 18.2 Å². The molecule has 1 atom stereocenters. The molecule has 1 aliphatic heterocycles. The number of nitrogens with one attached hydrogen (secondary N) is 2. The Balaban J connectivity index is 2.07. The standard InChI is InChI=1S/C16H24N2O/c1-11(2)14-8-4-6-12(3)16(14)18-15(19)10-13-7-5-9-17-13/h4,6,8,11,13,17H,5,7,9-10H2,1-3H3,(H,18,19). The maximum Gasteiger partial charge on any atom is 0.225 e. The molecule has 1 unspecified atom stereocenters. The summed E-state index contributed by atoms with van der Waals surface area (Å²) in [4.78, 5) is 12.1. The van der Waals surface area contributed by atoms with E-state index in [2.05, 4.69) is 49.6 Å². The lowest BCUT2D eigenvalue weighted by Crippen LogP contribution is -2.28. The molecular formula is C16H24N2O. The largest absolute Gasteiger partial charge is 0.326 e. The normalized spacial score (nSPS) is 18.8. The molecule has 1 saturated heterocycles. The summed E-state index contributed by atoms with van der Waals surface area (Å²) in [5.74, 6) is 0.537. The predicted molar refractivity (Wildman–Crippen MR) is 79.5 cm³/mol. The fourth-order valence-corrected chi connectivity index (χ4v) is 2.69. The number of carbonyl (C=O) groups is 1. The van der Waals surface area contributed by atoms with Gasteiger partial charge in [-0.25, -0.2) is 0 Å². The van der Waals surface area contributed by atoms with Gasteiger partial charge in [-0.1, -0.05) is 32.0 Å². The lowest BCUT2D eigenvalue weighted by atomic mass is 9.98. The van der Waals surface area contributed by atoms with Gasteiger partial charge in [0.25, 0.3) is 0 Å². The van der Waals surface area contributed by atoms with Crippen LogP contribution in [-0.4, -0.2) is 18.5 Å². The maximum atomic E-state index is 12.1. The van der Waals surface area contributed by atoms with Crippen LogP contribution in [-0.2, 0) is 4.79 Å². The van der Waals surface area contributed by atoms with Gasteiger partial charge in [-0.3, -0.25) is 4.79 Å². The van der Waals surface area contributed by atoms with Crippen LogP contribution in [0.5, 0.6) is 0 Å².